The molecule has 132 valence electrons. The second kappa shape index (κ2) is 7.70. The van der Waals surface area contributed by atoms with E-state index in [0.717, 1.165) is 24.9 Å². The third-order valence-corrected chi connectivity index (χ3v) is 4.70. The summed E-state index contributed by atoms with van der Waals surface area (Å²) in [4.78, 5) is 25.5. The zero-order valence-electron chi connectivity index (χ0n) is 13.8. The van der Waals surface area contributed by atoms with E-state index in [1.807, 2.05) is 12.1 Å². The highest BCUT2D eigenvalue weighted by atomic mass is 35.5. The fourth-order valence-electron chi connectivity index (χ4n) is 3.21. The van der Waals surface area contributed by atoms with E-state index < -0.39 is 5.97 Å². The number of aliphatic carboxylic acids is 1. The van der Waals surface area contributed by atoms with Gasteiger partial charge >= 0.3 is 5.97 Å². The van der Waals surface area contributed by atoms with Gasteiger partial charge in [-0.05, 0) is 49.9 Å². The maximum Gasteiger partial charge on any atom is 0.303 e. The van der Waals surface area contributed by atoms with Crippen molar-refractivity contribution in [1.82, 2.24) is 14.7 Å². The van der Waals surface area contributed by atoms with Crippen LogP contribution in [0.2, 0.25) is 5.02 Å². The van der Waals surface area contributed by atoms with Gasteiger partial charge in [0.15, 0.2) is 5.69 Å². The first-order chi connectivity index (χ1) is 12.0. The number of aromatic nitrogens is 2. The highest BCUT2D eigenvalue weighted by molar-refractivity contribution is 6.30. The number of likely N-dealkylation sites (tertiary alicyclic amines) is 1. The molecule has 0 bridgehead atoms. The smallest absolute Gasteiger partial charge is 0.303 e. The zero-order chi connectivity index (χ0) is 17.8. The highest BCUT2D eigenvalue weighted by Crippen LogP contribution is 2.23. The molecule has 0 aliphatic carbocycles. The van der Waals surface area contributed by atoms with Crippen molar-refractivity contribution in [3.63, 3.8) is 0 Å². The molecule has 1 aromatic heterocycles. The van der Waals surface area contributed by atoms with Crippen LogP contribution in [-0.4, -0.2) is 44.3 Å². The maximum absolute atomic E-state index is 12.8. The second-order valence-electron chi connectivity index (χ2n) is 6.21. The fourth-order valence-corrected chi connectivity index (χ4v) is 3.39. The van der Waals surface area contributed by atoms with E-state index >= 15 is 0 Å². The predicted molar refractivity (Wildman–Crippen MR) is 94.1 cm³/mol. The molecule has 1 N–H and O–H groups in total. The van der Waals surface area contributed by atoms with Crippen LogP contribution in [0.3, 0.4) is 0 Å². The summed E-state index contributed by atoms with van der Waals surface area (Å²) in [5.41, 5.74) is 1.15. The zero-order valence-corrected chi connectivity index (χ0v) is 14.5. The minimum Gasteiger partial charge on any atom is -0.481 e. The third kappa shape index (κ3) is 4.20. The van der Waals surface area contributed by atoms with Crippen LogP contribution in [0.15, 0.2) is 36.5 Å². The lowest BCUT2D eigenvalue weighted by Crippen LogP contribution is -2.44. The Morgan fingerprint density at radius 1 is 1.28 bits per heavy atom. The number of rotatable bonds is 5. The van der Waals surface area contributed by atoms with Crippen molar-refractivity contribution < 1.29 is 14.7 Å². The van der Waals surface area contributed by atoms with Crippen LogP contribution >= 0.6 is 11.6 Å². The Morgan fingerprint density at radius 3 is 2.88 bits per heavy atom. The van der Waals surface area contributed by atoms with Gasteiger partial charge in [0.1, 0.15) is 0 Å². The predicted octanol–water partition coefficient (Wildman–Crippen LogP) is 3.39. The summed E-state index contributed by atoms with van der Waals surface area (Å²) in [5, 5.41) is 13.9. The Bertz CT molecular complexity index is 774. The van der Waals surface area contributed by atoms with Crippen molar-refractivity contribution in [2.24, 2.45) is 0 Å². The van der Waals surface area contributed by atoms with Crippen LogP contribution in [0, 0.1) is 0 Å². The van der Waals surface area contributed by atoms with E-state index in [9.17, 15) is 9.59 Å². The van der Waals surface area contributed by atoms with Crippen molar-refractivity contribution in [1.29, 1.82) is 0 Å². The molecule has 2 heterocycles. The fraction of sp³-hybridized carbons (Fsp3) is 0.389. The molecule has 2 aromatic rings. The molecule has 3 rings (SSSR count). The molecule has 1 unspecified atom stereocenters. The van der Waals surface area contributed by atoms with Gasteiger partial charge in [-0.2, -0.15) is 5.10 Å². The number of amides is 1. The largest absolute Gasteiger partial charge is 0.481 e. The van der Waals surface area contributed by atoms with E-state index in [1.165, 1.54) is 0 Å². The molecule has 0 spiro atoms. The number of hydrogen-bond donors (Lipinski definition) is 1. The van der Waals surface area contributed by atoms with Gasteiger partial charge in [-0.1, -0.05) is 17.7 Å². The van der Waals surface area contributed by atoms with Gasteiger partial charge in [0, 0.05) is 30.2 Å². The van der Waals surface area contributed by atoms with Crippen molar-refractivity contribution in [2.45, 2.75) is 38.1 Å². The molecular weight excluding hydrogens is 342 g/mol. The number of benzene rings is 1. The molecule has 1 fully saturated rings. The second-order valence-corrected chi connectivity index (χ2v) is 6.64. The van der Waals surface area contributed by atoms with Crippen molar-refractivity contribution in [3.8, 4) is 5.69 Å². The average Bonchev–Trinajstić information content (AvgIpc) is 3.10. The first-order valence-electron chi connectivity index (χ1n) is 8.39. The Labute approximate surface area is 151 Å². The van der Waals surface area contributed by atoms with Crippen LogP contribution in [-0.2, 0) is 4.79 Å². The van der Waals surface area contributed by atoms with Crippen molar-refractivity contribution >= 4 is 23.5 Å². The van der Waals surface area contributed by atoms with Crippen LogP contribution in [0.5, 0.6) is 0 Å². The molecular formula is C18H20ClN3O3. The lowest BCUT2D eigenvalue weighted by molar-refractivity contribution is -0.137. The van der Waals surface area contributed by atoms with Crippen LogP contribution in [0.25, 0.3) is 5.69 Å². The van der Waals surface area contributed by atoms with E-state index in [-0.39, 0.29) is 18.4 Å². The number of carbonyl (C=O) groups excluding carboxylic acids is 1. The van der Waals surface area contributed by atoms with Crippen molar-refractivity contribution in [3.05, 3.63) is 47.2 Å². The molecule has 1 aromatic carbocycles. The topological polar surface area (TPSA) is 75.4 Å². The van der Waals surface area contributed by atoms with E-state index in [1.54, 1.807) is 34.0 Å². The third-order valence-electron chi connectivity index (χ3n) is 4.46. The number of piperidine rings is 1. The van der Waals surface area contributed by atoms with Gasteiger partial charge in [0.05, 0.1) is 5.69 Å². The first-order valence-corrected chi connectivity index (χ1v) is 8.77. The lowest BCUT2D eigenvalue weighted by atomic mass is 9.97. The number of halogens is 1. The monoisotopic (exact) mass is 361 g/mol. The van der Waals surface area contributed by atoms with E-state index in [2.05, 4.69) is 5.10 Å². The summed E-state index contributed by atoms with van der Waals surface area (Å²) in [5.74, 6) is -0.973. The average molecular weight is 362 g/mol. The SMILES string of the molecule is O=C(O)CCC1CCCCN1C(=O)c1ccn(-c2cccc(Cl)c2)n1. The summed E-state index contributed by atoms with van der Waals surface area (Å²) in [7, 11) is 0. The highest BCUT2D eigenvalue weighted by Gasteiger charge is 2.29. The minimum atomic E-state index is -0.830. The van der Waals surface area contributed by atoms with Gasteiger partial charge < -0.3 is 10.0 Å². The number of nitrogens with zero attached hydrogens (tertiary/aromatic N) is 3. The Balaban J connectivity index is 1.76. The Morgan fingerprint density at radius 2 is 2.12 bits per heavy atom. The van der Waals surface area contributed by atoms with Crippen LogP contribution < -0.4 is 0 Å². The summed E-state index contributed by atoms with van der Waals surface area (Å²) in [6, 6.07) is 8.90. The molecule has 7 heteroatoms. The molecule has 1 saturated heterocycles. The number of carboxylic acids is 1. The standard InChI is InChI=1S/C18H20ClN3O3/c19-13-4-3-6-15(12-13)22-11-9-16(20-22)18(25)21-10-2-1-5-14(21)7-8-17(23)24/h3-4,6,9,11-12,14H,1-2,5,7-8,10H2,(H,23,24). The number of carboxylic acid groups (broad SMARTS) is 1. The number of carbonyl (C=O) groups is 2. The summed E-state index contributed by atoms with van der Waals surface area (Å²) >= 11 is 6.00. The molecule has 1 amide bonds. The van der Waals surface area contributed by atoms with Gasteiger partial charge in [0.2, 0.25) is 0 Å². The minimum absolute atomic E-state index is 0.0336. The molecule has 1 aliphatic rings. The molecule has 1 aliphatic heterocycles. The molecule has 0 radical (unpaired) electrons. The van der Waals surface area contributed by atoms with E-state index in [0.29, 0.717) is 23.7 Å². The first kappa shape index (κ1) is 17.5. The summed E-state index contributed by atoms with van der Waals surface area (Å²) < 4.78 is 1.62. The summed E-state index contributed by atoms with van der Waals surface area (Å²) in [6.45, 7) is 0.646. The van der Waals surface area contributed by atoms with Gasteiger partial charge in [0.25, 0.3) is 5.91 Å². The summed E-state index contributed by atoms with van der Waals surface area (Å²) in [6.07, 6.45) is 5.08. The quantitative estimate of drug-likeness (QED) is 0.885. The van der Waals surface area contributed by atoms with Gasteiger partial charge in [-0.3, -0.25) is 9.59 Å². The normalized spacial score (nSPS) is 17.5. The molecule has 6 nitrogen and oxygen atoms in total. The molecule has 25 heavy (non-hydrogen) atoms. The molecule has 0 saturated carbocycles. The van der Waals surface area contributed by atoms with Crippen molar-refractivity contribution in [2.75, 3.05) is 6.54 Å². The molecule has 1 atom stereocenters. The Hall–Kier alpha value is -2.34. The maximum atomic E-state index is 12.8. The lowest BCUT2D eigenvalue weighted by Gasteiger charge is -2.35. The Kier molecular flexibility index (Phi) is 5.38. The van der Waals surface area contributed by atoms with Crippen LogP contribution in [0.1, 0.15) is 42.6 Å². The van der Waals surface area contributed by atoms with Gasteiger partial charge in [-0.25, -0.2) is 4.68 Å². The number of hydrogen-bond acceptors (Lipinski definition) is 3. The van der Waals surface area contributed by atoms with Gasteiger partial charge in [-0.15, -0.1) is 0 Å². The van der Waals surface area contributed by atoms with Crippen LogP contribution in [0.4, 0.5) is 0 Å². The van der Waals surface area contributed by atoms with E-state index in [4.69, 9.17) is 16.7 Å².